The highest BCUT2D eigenvalue weighted by atomic mass is 32.2. The number of nitrogens with two attached hydrogens (primary N) is 2. The number of nitrogens with one attached hydrogen (secondary N) is 3. The zero-order chi connectivity index (χ0) is 21.9. The second-order valence-corrected chi connectivity index (χ2v) is 6.92. The molecule has 28 heavy (non-hydrogen) atoms. The molecule has 0 bridgehead atoms. The minimum atomic E-state index is -1.54. The highest BCUT2D eigenvalue weighted by Gasteiger charge is 2.29. The van der Waals surface area contributed by atoms with Gasteiger partial charge in [0.1, 0.15) is 18.1 Å². The van der Waals surface area contributed by atoms with Crippen molar-refractivity contribution in [3.63, 3.8) is 0 Å². The number of carboxylic acid groups (broad SMARTS) is 1. The Morgan fingerprint density at radius 2 is 1.57 bits per heavy atom. The lowest BCUT2D eigenvalue weighted by molar-refractivity contribution is -0.143. The molecule has 0 fully saturated rings. The van der Waals surface area contributed by atoms with Crippen LogP contribution in [0.1, 0.15) is 19.8 Å². The third kappa shape index (κ3) is 9.53. The molecule has 9 N–H and O–H groups in total. The van der Waals surface area contributed by atoms with E-state index in [2.05, 4.69) is 10.6 Å². The van der Waals surface area contributed by atoms with Gasteiger partial charge in [-0.1, -0.05) is 0 Å². The van der Waals surface area contributed by atoms with Gasteiger partial charge in [-0.05, 0) is 25.4 Å². The molecule has 0 saturated carbocycles. The van der Waals surface area contributed by atoms with Gasteiger partial charge in [-0.2, -0.15) is 11.8 Å². The first-order valence-corrected chi connectivity index (χ1v) is 9.70. The quantitative estimate of drug-likeness (QED) is 0.157. The maximum atomic E-state index is 12.3. The van der Waals surface area contributed by atoms with Crippen LogP contribution in [-0.4, -0.2) is 82.6 Å². The summed E-state index contributed by atoms with van der Waals surface area (Å²) in [5.41, 5.74) is 10.8. The van der Waals surface area contributed by atoms with Gasteiger partial charge in [0.2, 0.25) is 23.6 Å². The highest BCUT2D eigenvalue weighted by Crippen LogP contribution is 2.01. The van der Waals surface area contributed by atoms with Crippen molar-refractivity contribution in [2.45, 2.75) is 43.9 Å². The Bertz CT molecular complexity index is 589. The Labute approximate surface area is 166 Å². The zero-order valence-electron chi connectivity index (χ0n) is 15.6. The number of carbonyl (C=O) groups is 5. The molecule has 0 spiro atoms. The SMILES string of the molecule is CSCCC(N)C(=O)NC(CC(N)=O)C(=O)NC(C)C(=O)NC(CO)C(=O)O. The molecule has 0 saturated heterocycles. The zero-order valence-corrected chi connectivity index (χ0v) is 16.5. The number of carboxylic acids is 1. The third-order valence-corrected chi connectivity index (χ3v) is 4.20. The van der Waals surface area contributed by atoms with Crippen LogP contribution in [0.2, 0.25) is 0 Å². The molecule has 0 aromatic heterocycles. The van der Waals surface area contributed by atoms with Crippen molar-refractivity contribution in [3.05, 3.63) is 0 Å². The van der Waals surface area contributed by atoms with Crippen molar-refractivity contribution < 1.29 is 34.2 Å². The molecule has 4 atom stereocenters. The van der Waals surface area contributed by atoms with Gasteiger partial charge in [-0.15, -0.1) is 0 Å². The number of rotatable bonds is 13. The minimum Gasteiger partial charge on any atom is -0.480 e. The van der Waals surface area contributed by atoms with E-state index in [9.17, 15) is 24.0 Å². The van der Waals surface area contributed by atoms with E-state index in [1.807, 2.05) is 11.6 Å². The molecule has 0 aliphatic carbocycles. The molecule has 0 rings (SSSR count). The molecule has 12 nitrogen and oxygen atoms in total. The van der Waals surface area contributed by atoms with E-state index in [4.69, 9.17) is 21.7 Å². The Morgan fingerprint density at radius 3 is 2.04 bits per heavy atom. The molecule has 0 aliphatic heterocycles. The number of aliphatic hydroxyl groups is 1. The molecule has 0 aromatic rings. The summed E-state index contributed by atoms with van der Waals surface area (Å²) in [6.45, 7) is 0.424. The maximum absolute atomic E-state index is 12.3. The number of hydrogen-bond donors (Lipinski definition) is 7. The van der Waals surface area contributed by atoms with Crippen LogP contribution >= 0.6 is 11.8 Å². The summed E-state index contributed by atoms with van der Waals surface area (Å²) >= 11 is 1.49. The maximum Gasteiger partial charge on any atom is 0.328 e. The lowest BCUT2D eigenvalue weighted by Crippen LogP contribution is -2.57. The number of carbonyl (C=O) groups excluding carboxylic acids is 4. The molecular weight excluding hydrogens is 394 g/mol. The topological polar surface area (TPSA) is 214 Å². The standard InChI is InChI=1S/C15H27N5O7S/c1-7(12(23)20-10(6-21)15(26)27)18-14(25)9(5-11(17)22)19-13(24)8(16)3-4-28-2/h7-10,21H,3-6,16H2,1-2H3,(H2,17,22)(H,18,25)(H,19,24)(H,20,23)(H,26,27). The van der Waals surface area contributed by atoms with Gasteiger partial charge < -0.3 is 37.6 Å². The molecule has 0 heterocycles. The van der Waals surface area contributed by atoms with Gasteiger partial charge in [-0.25, -0.2) is 4.79 Å². The third-order valence-electron chi connectivity index (χ3n) is 3.56. The van der Waals surface area contributed by atoms with Gasteiger partial charge in [-0.3, -0.25) is 19.2 Å². The van der Waals surface area contributed by atoms with Crippen LogP contribution in [0.25, 0.3) is 0 Å². The number of aliphatic hydroxyl groups excluding tert-OH is 1. The van der Waals surface area contributed by atoms with Crippen molar-refractivity contribution in [2.75, 3.05) is 18.6 Å². The van der Waals surface area contributed by atoms with Crippen molar-refractivity contribution in [2.24, 2.45) is 11.5 Å². The fourth-order valence-corrected chi connectivity index (χ4v) is 2.42. The first-order valence-electron chi connectivity index (χ1n) is 8.31. The van der Waals surface area contributed by atoms with E-state index < -0.39 is 66.8 Å². The lowest BCUT2D eigenvalue weighted by atomic mass is 10.1. The van der Waals surface area contributed by atoms with Gasteiger partial charge in [0.05, 0.1) is 19.1 Å². The lowest BCUT2D eigenvalue weighted by Gasteiger charge is -2.22. The van der Waals surface area contributed by atoms with Crippen LogP contribution in [0.4, 0.5) is 0 Å². The van der Waals surface area contributed by atoms with E-state index in [0.29, 0.717) is 12.2 Å². The minimum absolute atomic E-state index is 0.356. The summed E-state index contributed by atoms with van der Waals surface area (Å²) in [6.07, 6.45) is 1.68. The molecule has 13 heteroatoms. The van der Waals surface area contributed by atoms with Crippen LogP contribution in [0.3, 0.4) is 0 Å². The van der Waals surface area contributed by atoms with E-state index in [0.717, 1.165) is 0 Å². The number of hydrogen-bond acceptors (Lipinski definition) is 8. The summed E-state index contributed by atoms with van der Waals surface area (Å²) in [4.78, 5) is 58.4. The van der Waals surface area contributed by atoms with Crippen LogP contribution < -0.4 is 27.4 Å². The summed E-state index contributed by atoms with van der Waals surface area (Å²) in [7, 11) is 0. The molecule has 4 unspecified atom stereocenters. The van der Waals surface area contributed by atoms with Gasteiger partial charge in [0, 0.05) is 0 Å². The van der Waals surface area contributed by atoms with Gasteiger partial charge in [0.25, 0.3) is 0 Å². The number of aliphatic carboxylic acids is 1. The van der Waals surface area contributed by atoms with Gasteiger partial charge >= 0.3 is 5.97 Å². The molecule has 0 aliphatic rings. The van der Waals surface area contributed by atoms with Crippen molar-refractivity contribution in [1.82, 2.24) is 16.0 Å². The summed E-state index contributed by atoms with van der Waals surface area (Å²) in [6, 6.07) is -4.99. The van der Waals surface area contributed by atoms with Crippen LogP contribution in [0.5, 0.6) is 0 Å². The Kier molecular flexibility index (Phi) is 11.8. The molecule has 4 amide bonds. The fourth-order valence-electron chi connectivity index (χ4n) is 1.93. The molecule has 160 valence electrons. The first kappa shape index (κ1) is 25.6. The van der Waals surface area contributed by atoms with E-state index in [-0.39, 0.29) is 0 Å². The second kappa shape index (κ2) is 12.9. The fraction of sp³-hybridized carbons (Fsp3) is 0.667. The van der Waals surface area contributed by atoms with Crippen LogP contribution in [-0.2, 0) is 24.0 Å². The second-order valence-electron chi connectivity index (χ2n) is 5.93. The van der Waals surface area contributed by atoms with Crippen molar-refractivity contribution in [1.29, 1.82) is 0 Å². The van der Waals surface area contributed by atoms with Crippen molar-refractivity contribution >= 4 is 41.4 Å². The summed E-state index contributed by atoms with van der Waals surface area (Å²) in [5, 5.41) is 24.3. The average Bonchev–Trinajstić information content (AvgIpc) is 2.62. The average molecular weight is 421 g/mol. The van der Waals surface area contributed by atoms with E-state index in [1.54, 1.807) is 0 Å². The van der Waals surface area contributed by atoms with Crippen LogP contribution in [0.15, 0.2) is 0 Å². The first-order chi connectivity index (χ1) is 13.0. The van der Waals surface area contributed by atoms with E-state index in [1.165, 1.54) is 18.7 Å². The normalized spacial score (nSPS) is 14.9. The Hall–Kier alpha value is -2.38. The summed E-state index contributed by atoms with van der Waals surface area (Å²) < 4.78 is 0. The monoisotopic (exact) mass is 421 g/mol. The summed E-state index contributed by atoms with van der Waals surface area (Å²) in [5.74, 6) is -4.10. The largest absolute Gasteiger partial charge is 0.480 e. The molecular formula is C15H27N5O7S. The van der Waals surface area contributed by atoms with Crippen molar-refractivity contribution in [3.8, 4) is 0 Å². The number of amides is 4. The molecule has 0 radical (unpaired) electrons. The predicted octanol–water partition coefficient (Wildman–Crippen LogP) is -3.51. The van der Waals surface area contributed by atoms with Crippen LogP contribution in [0, 0.1) is 0 Å². The molecule has 0 aromatic carbocycles. The predicted molar refractivity (Wildman–Crippen MR) is 101 cm³/mol. The number of primary amides is 1. The number of thioether (sulfide) groups is 1. The van der Waals surface area contributed by atoms with E-state index >= 15 is 0 Å². The highest BCUT2D eigenvalue weighted by molar-refractivity contribution is 7.98. The Balaban J connectivity index is 4.96. The smallest absolute Gasteiger partial charge is 0.328 e. The Morgan fingerprint density at radius 1 is 1.00 bits per heavy atom. The van der Waals surface area contributed by atoms with Gasteiger partial charge in [0.15, 0.2) is 0 Å².